The zero-order valence-electron chi connectivity index (χ0n) is 18.3. The number of anilines is 1. The van der Waals surface area contributed by atoms with Gasteiger partial charge in [-0.25, -0.2) is 26.7 Å². The Kier molecular flexibility index (Phi) is 9.29. The van der Waals surface area contributed by atoms with E-state index in [0.717, 1.165) is 64.6 Å². The van der Waals surface area contributed by atoms with Crippen molar-refractivity contribution in [2.45, 2.75) is 35.5 Å². The van der Waals surface area contributed by atoms with Gasteiger partial charge in [-0.2, -0.15) is 0 Å². The molecule has 3 rings (SSSR count). The molecule has 10 nitrogen and oxygen atoms in total. The van der Waals surface area contributed by atoms with E-state index >= 15 is 0 Å². The Morgan fingerprint density at radius 2 is 1.78 bits per heavy atom. The molecule has 0 radical (unpaired) electrons. The van der Waals surface area contributed by atoms with Crippen LogP contribution in [0.15, 0.2) is 28.0 Å². The molecule has 0 amide bonds. The topological polar surface area (TPSA) is 140 Å². The standard InChI is InChI=1S/C20H34N4O6S2/c21-31(25,26)20-15-18(32(27,28)23-16-17-3-1-11-29-12-6-17)4-5-19(20)22-7-2-8-24-9-13-30-14-10-24/h4-5,15,17,22-23H,1-3,6-14,16H2,(H2,21,25,26). The SMILES string of the molecule is NS(=O)(=O)c1cc(S(=O)(=O)NCC2CCCOCC2)ccc1NCCCN1CCOCC1. The Bertz CT molecular complexity index is 941. The van der Waals surface area contributed by atoms with E-state index in [4.69, 9.17) is 14.6 Å². The predicted octanol–water partition coefficient (Wildman–Crippen LogP) is 0.563. The number of hydrogen-bond acceptors (Lipinski definition) is 8. The Morgan fingerprint density at radius 1 is 1.03 bits per heavy atom. The molecule has 0 saturated carbocycles. The third kappa shape index (κ3) is 7.65. The molecule has 0 aliphatic carbocycles. The van der Waals surface area contributed by atoms with Crippen LogP contribution in [0.5, 0.6) is 0 Å². The van der Waals surface area contributed by atoms with Gasteiger partial charge in [0.1, 0.15) is 4.90 Å². The lowest BCUT2D eigenvalue weighted by atomic mass is 10.0. The molecule has 12 heteroatoms. The molecule has 1 aromatic carbocycles. The Labute approximate surface area is 190 Å². The van der Waals surface area contributed by atoms with Crippen molar-refractivity contribution >= 4 is 25.7 Å². The number of hydrogen-bond donors (Lipinski definition) is 3. The van der Waals surface area contributed by atoms with E-state index in [9.17, 15) is 16.8 Å². The smallest absolute Gasteiger partial charge is 0.240 e. The first-order valence-electron chi connectivity index (χ1n) is 11.0. The monoisotopic (exact) mass is 490 g/mol. The molecule has 1 atom stereocenters. The third-order valence-electron chi connectivity index (χ3n) is 5.77. The number of nitrogens with one attached hydrogen (secondary N) is 2. The van der Waals surface area contributed by atoms with Crippen LogP contribution in [0.25, 0.3) is 0 Å². The molecular weight excluding hydrogens is 456 g/mol. The molecule has 2 heterocycles. The molecule has 1 aromatic rings. The van der Waals surface area contributed by atoms with Gasteiger partial charge < -0.3 is 14.8 Å². The van der Waals surface area contributed by atoms with Crippen LogP contribution in [0.3, 0.4) is 0 Å². The second kappa shape index (κ2) is 11.7. The van der Waals surface area contributed by atoms with E-state index in [-0.39, 0.29) is 22.3 Å². The minimum Gasteiger partial charge on any atom is -0.384 e. The van der Waals surface area contributed by atoms with Crippen molar-refractivity contribution in [1.29, 1.82) is 0 Å². The third-order valence-corrected chi connectivity index (χ3v) is 8.15. The van der Waals surface area contributed by atoms with E-state index in [0.29, 0.717) is 25.4 Å². The van der Waals surface area contributed by atoms with Gasteiger partial charge in [0.15, 0.2) is 0 Å². The fourth-order valence-electron chi connectivity index (χ4n) is 3.89. The fourth-order valence-corrected chi connectivity index (χ4v) is 5.84. The second-order valence-corrected chi connectivity index (χ2v) is 11.5. The lowest BCUT2D eigenvalue weighted by molar-refractivity contribution is 0.0378. The van der Waals surface area contributed by atoms with Gasteiger partial charge >= 0.3 is 0 Å². The van der Waals surface area contributed by atoms with Gasteiger partial charge in [-0.05, 0) is 56.3 Å². The maximum atomic E-state index is 12.8. The van der Waals surface area contributed by atoms with E-state index in [1.807, 2.05) is 0 Å². The highest BCUT2D eigenvalue weighted by molar-refractivity contribution is 7.90. The summed E-state index contributed by atoms with van der Waals surface area (Å²) >= 11 is 0. The van der Waals surface area contributed by atoms with Crippen LogP contribution in [0.2, 0.25) is 0 Å². The van der Waals surface area contributed by atoms with Gasteiger partial charge in [0.2, 0.25) is 20.0 Å². The number of primary sulfonamides is 1. The molecule has 2 aliphatic rings. The first-order valence-corrected chi connectivity index (χ1v) is 14.1. The van der Waals surface area contributed by atoms with Gasteiger partial charge in [0.05, 0.1) is 23.8 Å². The zero-order chi connectivity index (χ0) is 23.0. The average molecular weight is 491 g/mol. The number of nitrogens with zero attached hydrogens (tertiary/aromatic N) is 1. The van der Waals surface area contributed by atoms with Gasteiger partial charge in [-0.3, -0.25) is 4.90 Å². The summed E-state index contributed by atoms with van der Waals surface area (Å²) in [6, 6.07) is 3.98. The van der Waals surface area contributed by atoms with Crippen LogP contribution in [0.1, 0.15) is 25.7 Å². The van der Waals surface area contributed by atoms with Crippen LogP contribution >= 0.6 is 0 Å². The van der Waals surface area contributed by atoms with Gasteiger partial charge in [-0.1, -0.05) is 0 Å². The quantitative estimate of drug-likeness (QED) is 0.404. The minimum atomic E-state index is -4.11. The fraction of sp³-hybridized carbons (Fsp3) is 0.700. The van der Waals surface area contributed by atoms with Crippen LogP contribution in [-0.2, 0) is 29.5 Å². The Hall–Kier alpha value is -1.28. The summed E-state index contributed by atoms with van der Waals surface area (Å²) in [6.45, 7) is 6.22. The molecule has 2 fully saturated rings. The molecule has 0 spiro atoms. The number of benzene rings is 1. The zero-order valence-corrected chi connectivity index (χ0v) is 19.9. The molecule has 4 N–H and O–H groups in total. The summed E-state index contributed by atoms with van der Waals surface area (Å²) in [5.74, 6) is 0.192. The Balaban J connectivity index is 1.62. The van der Waals surface area contributed by atoms with Crippen LogP contribution in [0, 0.1) is 5.92 Å². The normalized spacial score (nSPS) is 21.2. The molecule has 182 valence electrons. The van der Waals surface area contributed by atoms with Crippen molar-refractivity contribution in [2.75, 3.05) is 64.5 Å². The predicted molar refractivity (Wildman–Crippen MR) is 122 cm³/mol. The van der Waals surface area contributed by atoms with Crippen molar-refractivity contribution in [1.82, 2.24) is 9.62 Å². The summed E-state index contributed by atoms with van der Waals surface area (Å²) < 4.78 is 63.2. The summed E-state index contributed by atoms with van der Waals surface area (Å²) in [5, 5.41) is 8.46. The highest BCUT2D eigenvalue weighted by Crippen LogP contribution is 2.25. The van der Waals surface area contributed by atoms with Crippen molar-refractivity contribution in [2.24, 2.45) is 11.1 Å². The minimum absolute atomic E-state index is 0.120. The highest BCUT2D eigenvalue weighted by Gasteiger charge is 2.22. The molecule has 2 saturated heterocycles. The number of sulfonamides is 2. The van der Waals surface area contributed by atoms with Crippen molar-refractivity contribution in [3.8, 4) is 0 Å². The van der Waals surface area contributed by atoms with Crippen molar-refractivity contribution in [3.63, 3.8) is 0 Å². The van der Waals surface area contributed by atoms with E-state index in [1.54, 1.807) is 0 Å². The molecule has 0 bridgehead atoms. The van der Waals surface area contributed by atoms with E-state index in [1.165, 1.54) is 12.1 Å². The lowest BCUT2D eigenvalue weighted by Gasteiger charge is -2.26. The first-order chi connectivity index (χ1) is 15.3. The Morgan fingerprint density at radius 3 is 2.53 bits per heavy atom. The summed E-state index contributed by atoms with van der Waals surface area (Å²) in [7, 11) is -7.98. The second-order valence-electron chi connectivity index (χ2n) is 8.20. The maximum Gasteiger partial charge on any atom is 0.240 e. The average Bonchev–Trinajstić information content (AvgIpc) is 3.04. The lowest BCUT2D eigenvalue weighted by Crippen LogP contribution is -2.37. The van der Waals surface area contributed by atoms with E-state index in [2.05, 4.69) is 14.9 Å². The first kappa shape index (κ1) is 25.3. The number of rotatable bonds is 10. The van der Waals surface area contributed by atoms with Crippen LogP contribution in [-0.4, -0.2) is 80.9 Å². The summed E-state index contributed by atoms with van der Waals surface area (Å²) in [6.07, 6.45) is 3.38. The van der Waals surface area contributed by atoms with Gasteiger partial charge in [0, 0.05) is 39.4 Å². The van der Waals surface area contributed by atoms with Gasteiger partial charge in [-0.15, -0.1) is 0 Å². The number of ether oxygens (including phenoxy) is 2. The summed E-state index contributed by atoms with van der Waals surface area (Å²) in [5.41, 5.74) is 0.300. The van der Waals surface area contributed by atoms with E-state index < -0.39 is 20.0 Å². The molecule has 32 heavy (non-hydrogen) atoms. The number of morpholine rings is 1. The molecular formula is C20H34N4O6S2. The highest BCUT2D eigenvalue weighted by atomic mass is 32.2. The largest absolute Gasteiger partial charge is 0.384 e. The van der Waals surface area contributed by atoms with Crippen molar-refractivity contribution in [3.05, 3.63) is 18.2 Å². The summed E-state index contributed by atoms with van der Waals surface area (Å²) in [4.78, 5) is 1.94. The van der Waals surface area contributed by atoms with Crippen molar-refractivity contribution < 1.29 is 26.3 Å². The maximum absolute atomic E-state index is 12.8. The molecule has 2 aliphatic heterocycles. The van der Waals surface area contributed by atoms with Crippen LogP contribution in [0.4, 0.5) is 5.69 Å². The molecule has 1 unspecified atom stereocenters. The number of nitrogens with two attached hydrogens (primary N) is 1. The molecule has 0 aromatic heterocycles. The van der Waals surface area contributed by atoms with Gasteiger partial charge in [0.25, 0.3) is 0 Å². The van der Waals surface area contributed by atoms with Crippen LogP contribution < -0.4 is 15.2 Å².